The third kappa shape index (κ3) is 3.95. The molecule has 0 aliphatic rings. The van der Waals surface area contributed by atoms with E-state index in [-0.39, 0.29) is 0 Å². The maximum absolute atomic E-state index is 5.20. The fraction of sp³-hybridized carbons (Fsp3) is 0.571. The molecule has 0 saturated heterocycles. The monoisotopic (exact) mass is 221 g/mol. The summed E-state index contributed by atoms with van der Waals surface area (Å²) in [6.07, 6.45) is 2.37. The lowest BCUT2D eigenvalue weighted by Gasteiger charge is -2.16. The predicted octanol–water partition coefficient (Wildman–Crippen LogP) is 3.11. The molecule has 0 heterocycles. The average Bonchev–Trinajstić information content (AvgIpc) is 2.33. The first-order chi connectivity index (χ1) is 7.81. The van der Waals surface area contributed by atoms with Crippen LogP contribution < -0.4 is 5.32 Å². The van der Waals surface area contributed by atoms with Gasteiger partial charge in [-0.1, -0.05) is 38.1 Å². The van der Waals surface area contributed by atoms with Crippen LogP contribution >= 0.6 is 0 Å². The maximum atomic E-state index is 5.20. The van der Waals surface area contributed by atoms with E-state index in [1.54, 1.807) is 7.11 Å². The van der Waals surface area contributed by atoms with Crippen LogP contribution in [0.2, 0.25) is 0 Å². The molecule has 2 nitrogen and oxygen atoms in total. The van der Waals surface area contributed by atoms with Crippen LogP contribution in [0.4, 0.5) is 0 Å². The van der Waals surface area contributed by atoms with Crippen molar-refractivity contribution in [3.05, 3.63) is 35.4 Å². The molecule has 0 aliphatic heterocycles. The first kappa shape index (κ1) is 13.2. The minimum atomic E-state index is 0.621. The van der Waals surface area contributed by atoms with Crippen LogP contribution in [-0.4, -0.2) is 13.2 Å². The van der Waals surface area contributed by atoms with Crippen LogP contribution in [0.1, 0.15) is 37.8 Å². The van der Waals surface area contributed by atoms with E-state index >= 15 is 0 Å². The predicted molar refractivity (Wildman–Crippen MR) is 68.4 cm³/mol. The lowest BCUT2D eigenvalue weighted by molar-refractivity contribution is 0.184. The Morgan fingerprint density at radius 3 is 2.31 bits per heavy atom. The Bertz CT molecular complexity index is 295. The summed E-state index contributed by atoms with van der Waals surface area (Å²) < 4.78 is 5.20. The zero-order chi connectivity index (χ0) is 11.8. The molecule has 0 saturated carbocycles. The molecular formula is C14H23NO. The number of nitrogens with one attached hydrogen (secondary N) is 1. The summed E-state index contributed by atoms with van der Waals surface area (Å²) in [6, 6.07) is 9.07. The number of rotatable bonds is 7. The Morgan fingerprint density at radius 1 is 1.12 bits per heavy atom. The van der Waals surface area contributed by atoms with Gasteiger partial charge in [-0.2, -0.15) is 0 Å². The molecule has 2 heteroatoms. The van der Waals surface area contributed by atoms with Gasteiger partial charge in [-0.25, -0.2) is 0 Å². The second-order valence-corrected chi connectivity index (χ2v) is 4.10. The van der Waals surface area contributed by atoms with Crippen LogP contribution in [0.5, 0.6) is 0 Å². The van der Waals surface area contributed by atoms with Crippen molar-refractivity contribution >= 4 is 0 Å². The summed E-state index contributed by atoms with van der Waals surface area (Å²) in [5, 5.41) is 3.58. The Kier molecular flexibility index (Phi) is 6.12. The second kappa shape index (κ2) is 7.42. The van der Waals surface area contributed by atoms with Gasteiger partial charge in [-0.15, -0.1) is 0 Å². The van der Waals surface area contributed by atoms with Crippen molar-refractivity contribution in [3.63, 3.8) is 0 Å². The quantitative estimate of drug-likeness (QED) is 0.764. The molecule has 0 radical (unpaired) electrons. The lowest BCUT2D eigenvalue weighted by atomic mass is 10.1. The smallest absolute Gasteiger partial charge is 0.0716 e. The molecule has 0 aromatic heterocycles. The SMILES string of the molecule is CCC(CC)NCc1ccccc1COC. The van der Waals surface area contributed by atoms with Crippen molar-refractivity contribution in [1.29, 1.82) is 0 Å². The van der Waals surface area contributed by atoms with Gasteiger partial charge in [0.15, 0.2) is 0 Å². The van der Waals surface area contributed by atoms with Gasteiger partial charge < -0.3 is 10.1 Å². The molecule has 0 amide bonds. The van der Waals surface area contributed by atoms with Crippen molar-refractivity contribution in [2.45, 2.75) is 45.9 Å². The van der Waals surface area contributed by atoms with E-state index in [4.69, 9.17) is 4.74 Å². The molecule has 0 spiro atoms. The zero-order valence-electron chi connectivity index (χ0n) is 10.6. The van der Waals surface area contributed by atoms with Gasteiger partial charge in [0.1, 0.15) is 0 Å². The normalized spacial score (nSPS) is 11.0. The van der Waals surface area contributed by atoms with Crippen molar-refractivity contribution in [1.82, 2.24) is 5.32 Å². The summed E-state index contributed by atoms with van der Waals surface area (Å²) in [4.78, 5) is 0. The third-order valence-electron chi connectivity index (χ3n) is 2.99. The van der Waals surface area contributed by atoms with E-state index in [9.17, 15) is 0 Å². The summed E-state index contributed by atoms with van der Waals surface area (Å²) in [5.74, 6) is 0. The van der Waals surface area contributed by atoms with E-state index in [1.807, 2.05) is 0 Å². The van der Waals surface area contributed by atoms with Crippen LogP contribution in [0.3, 0.4) is 0 Å². The summed E-state index contributed by atoms with van der Waals surface area (Å²) in [7, 11) is 1.74. The van der Waals surface area contributed by atoms with Gasteiger partial charge in [-0.05, 0) is 24.0 Å². The first-order valence-corrected chi connectivity index (χ1v) is 6.10. The fourth-order valence-electron chi connectivity index (χ4n) is 1.86. The Labute approximate surface area is 99.0 Å². The Hall–Kier alpha value is -0.860. The highest BCUT2D eigenvalue weighted by Gasteiger charge is 2.05. The Morgan fingerprint density at radius 2 is 1.75 bits per heavy atom. The van der Waals surface area contributed by atoms with Gasteiger partial charge in [0.25, 0.3) is 0 Å². The van der Waals surface area contributed by atoms with Crippen molar-refractivity contribution < 1.29 is 4.74 Å². The van der Waals surface area contributed by atoms with E-state index in [0.717, 1.165) is 6.54 Å². The molecule has 1 aromatic rings. The topological polar surface area (TPSA) is 21.3 Å². The number of hydrogen-bond acceptors (Lipinski definition) is 2. The molecule has 0 unspecified atom stereocenters. The standard InChI is InChI=1S/C14H23NO/c1-4-14(5-2)15-10-12-8-6-7-9-13(12)11-16-3/h6-9,14-15H,4-5,10-11H2,1-3H3. The molecule has 16 heavy (non-hydrogen) atoms. The summed E-state index contributed by atoms with van der Waals surface area (Å²) in [6.45, 7) is 6.08. The number of benzene rings is 1. The molecule has 1 aromatic carbocycles. The Balaban J connectivity index is 2.58. The molecule has 1 rings (SSSR count). The summed E-state index contributed by atoms with van der Waals surface area (Å²) >= 11 is 0. The third-order valence-corrected chi connectivity index (χ3v) is 2.99. The van der Waals surface area contributed by atoms with Gasteiger partial charge in [-0.3, -0.25) is 0 Å². The van der Waals surface area contributed by atoms with Crippen LogP contribution in [0.25, 0.3) is 0 Å². The van der Waals surface area contributed by atoms with Crippen molar-refractivity contribution in [3.8, 4) is 0 Å². The molecular weight excluding hydrogens is 198 g/mol. The highest BCUT2D eigenvalue weighted by molar-refractivity contribution is 5.26. The minimum absolute atomic E-state index is 0.621. The highest BCUT2D eigenvalue weighted by Crippen LogP contribution is 2.10. The zero-order valence-corrected chi connectivity index (χ0v) is 10.6. The molecule has 0 fully saturated rings. The van der Waals surface area contributed by atoms with E-state index in [2.05, 4.69) is 43.4 Å². The van der Waals surface area contributed by atoms with Crippen molar-refractivity contribution in [2.75, 3.05) is 7.11 Å². The van der Waals surface area contributed by atoms with Crippen LogP contribution in [-0.2, 0) is 17.9 Å². The fourth-order valence-corrected chi connectivity index (χ4v) is 1.86. The van der Waals surface area contributed by atoms with Crippen molar-refractivity contribution in [2.24, 2.45) is 0 Å². The number of methoxy groups -OCH3 is 1. The second-order valence-electron chi connectivity index (χ2n) is 4.10. The molecule has 0 atom stereocenters. The van der Waals surface area contributed by atoms with E-state index in [1.165, 1.54) is 24.0 Å². The van der Waals surface area contributed by atoms with Crippen LogP contribution in [0.15, 0.2) is 24.3 Å². The first-order valence-electron chi connectivity index (χ1n) is 6.10. The highest BCUT2D eigenvalue weighted by atomic mass is 16.5. The van der Waals surface area contributed by atoms with E-state index in [0.29, 0.717) is 12.6 Å². The van der Waals surface area contributed by atoms with Gasteiger partial charge in [0.2, 0.25) is 0 Å². The van der Waals surface area contributed by atoms with Gasteiger partial charge >= 0.3 is 0 Å². The lowest BCUT2D eigenvalue weighted by Crippen LogP contribution is -2.27. The summed E-state index contributed by atoms with van der Waals surface area (Å²) in [5.41, 5.74) is 2.62. The molecule has 0 bridgehead atoms. The number of ether oxygens (including phenoxy) is 1. The van der Waals surface area contributed by atoms with Crippen LogP contribution in [0, 0.1) is 0 Å². The molecule has 90 valence electrons. The number of hydrogen-bond donors (Lipinski definition) is 1. The van der Waals surface area contributed by atoms with E-state index < -0.39 is 0 Å². The molecule has 1 N–H and O–H groups in total. The average molecular weight is 221 g/mol. The molecule has 0 aliphatic carbocycles. The van der Waals surface area contributed by atoms with Gasteiger partial charge in [0.05, 0.1) is 6.61 Å². The minimum Gasteiger partial charge on any atom is -0.380 e. The maximum Gasteiger partial charge on any atom is 0.0716 e. The van der Waals surface area contributed by atoms with Gasteiger partial charge in [0, 0.05) is 19.7 Å². The largest absolute Gasteiger partial charge is 0.380 e.